The minimum absolute atomic E-state index is 0.0762. The number of sulfone groups is 1. The Morgan fingerprint density at radius 1 is 1.50 bits per heavy atom. The molecule has 0 radical (unpaired) electrons. The van der Waals surface area contributed by atoms with Crippen LogP contribution < -0.4 is 11.1 Å². The Balaban J connectivity index is 3.09. The Bertz CT molecular complexity index is 552. The van der Waals surface area contributed by atoms with E-state index in [9.17, 15) is 13.2 Å². The molecule has 100 valence electrons. The van der Waals surface area contributed by atoms with Crippen LogP contribution in [0.25, 0.3) is 0 Å². The first-order valence-electron chi connectivity index (χ1n) is 5.33. The van der Waals surface area contributed by atoms with Gasteiger partial charge in [-0.15, -0.1) is 0 Å². The summed E-state index contributed by atoms with van der Waals surface area (Å²) in [6.45, 7) is 3.50. The van der Waals surface area contributed by atoms with Gasteiger partial charge >= 0.3 is 0 Å². The number of amides is 1. The Morgan fingerprint density at radius 3 is 2.61 bits per heavy atom. The zero-order chi connectivity index (χ0) is 14.0. The highest BCUT2D eigenvalue weighted by molar-refractivity contribution is 7.90. The predicted octanol–water partition coefficient (Wildman–Crippen LogP) is 0.551. The fourth-order valence-corrected chi connectivity index (χ4v) is 2.36. The third kappa shape index (κ3) is 3.99. The molecule has 1 rings (SSSR count). The molecule has 1 aromatic rings. The van der Waals surface area contributed by atoms with E-state index in [0.29, 0.717) is 0 Å². The molecule has 0 fully saturated rings. The van der Waals surface area contributed by atoms with Gasteiger partial charge in [-0.1, -0.05) is 0 Å². The number of hydrogen-bond acceptors (Lipinski definition) is 5. The van der Waals surface area contributed by atoms with Crippen molar-refractivity contribution in [2.24, 2.45) is 5.73 Å². The van der Waals surface area contributed by atoms with Gasteiger partial charge in [-0.3, -0.25) is 4.79 Å². The molecule has 0 unspecified atom stereocenters. The summed E-state index contributed by atoms with van der Waals surface area (Å²) in [7, 11) is -3.38. The highest BCUT2D eigenvalue weighted by atomic mass is 32.2. The smallest absolute Gasteiger partial charge is 0.219 e. The first-order valence-corrected chi connectivity index (χ1v) is 7.22. The minimum atomic E-state index is -3.38. The Hall–Kier alpha value is -1.63. The second kappa shape index (κ2) is 4.93. The maximum atomic E-state index is 11.6. The Kier molecular flexibility index (Phi) is 3.95. The van der Waals surface area contributed by atoms with Gasteiger partial charge in [0.05, 0.1) is 0 Å². The molecule has 0 atom stereocenters. The van der Waals surface area contributed by atoms with E-state index in [4.69, 9.17) is 5.73 Å². The lowest BCUT2D eigenvalue weighted by molar-refractivity contribution is -0.118. The molecule has 6 nitrogen and oxygen atoms in total. The summed E-state index contributed by atoms with van der Waals surface area (Å²) >= 11 is 0. The molecule has 18 heavy (non-hydrogen) atoms. The predicted molar refractivity (Wildman–Crippen MR) is 68.9 cm³/mol. The van der Waals surface area contributed by atoms with Crippen molar-refractivity contribution in [3.05, 3.63) is 18.3 Å². The first kappa shape index (κ1) is 14.4. The second-order valence-electron chi connectivity index (χ2n) is 4.77. The summed E-state index contributed by atoms with van der Waals surface area (Å²) in [6, 6.07) is 3.01. The number of carbonyl (C=O) groups excluding carboxylic acids is 1. The van der Waals surface area contributed by atoms with Crippen LogP contribution in [0.4, 0.5) is 5.82 Å². The number of aromatic nitrogens is 1. The number of nitrogens with two attached hydrogens (primary N) is 1. The summed E-state index contributed by atoms with van der Waals surface area (Å²) in [5, 5.41) is 2.93. The van der Waals surface area contributed by atoms with Crippen molar-refractivity contribution in [1.29, 1.82) is 0 Å². The van der Waals surface area contributed by atoms with E-state index < -0.39 is 21.3 Å². The molecule has 0 aliphatic heterocycles. The van der Waals surface area contributed by atoms with Crippen molar-refractivity contribution in [3.63, 3.8) is 0 Å². The molecule has 0 saturated carbocycles. The van der Waals surface area contributed by atoms with Crippen LogP contribution in [-0.2, 0) is 14.6 Å². The molecule has 1 aromatic heterocycles. The highest BCUT2D eigenvalue weighted by Gasteiger charge is 2.24. The molecule has 1 amide bonds. The van der Waals surface area contributed by atoms with Gasteiger partial charge in [0.1, 0.15) is 10.7 Å². The molecule has 1 heterocycles. The van der Waals surface area contributed by atoms with Crippen molar-refractivity contribution < 1.29 is 13.2 Å². The average Bonchev–Trinajstić information content (AvgIpc) is 2.13. The van der Waals surface area contributed by atoms with Crippen LogP contribution in [0.2, 0.25) is 0 Å². The first-order chi connectivity index (χ1) is 8.12. The Morgan fingerprint density at radius 2 is 2.11 bits per heavy atom. The van der Waals surface area contributed by atoms with Gasteiger partial charge in [0.25, 0.3) is 0 Å². The SMILES string of the molecule is CC(C)(CC(N)=O)Nc1ncccc1S(C)(=O)=O. The number of nitrogens with zero attached hydrogens (tertiary/aromatic N) is 1. The molecular formula is C11H17N3O3S. The van der Waals surface area contributed by atoms with E-state index >= 15 is 0 Å². The van der Waals surface area contributed by atoms with Crippen LogP contribution in [0.1, 0.15) is 20.3 Å². The number of carbonyl (C=O) groups is 1. The quantitative estimate of drug-likeness (QED) is 0.814. The van der Waals surface area contributed by atoms with E-state index in [1.165, 1.54) is 12.3 Å². The normalized spacial score (nSPS) is 12.2. The topological polar surface area (TPSA) is 102 Å². The molecule has 0 aromatic carbocycles. The van der Waals surface area contributed by atoms with Gasteiger partial charge in [0.15, 0.2) is 9.84 Å². The molecule has 0 aliphatic carbocycles. The largest absolute Gasteiger partial charge is 0.370 e. The average molecular weight is 271 g/mol. The van der Waals surface area contributed by atoms with Crippen molar-refractivity contribution in [1.82, 2.24) is 4.98 Å². The summed E-state index contributed by atoms with van der Waals surface area (Å²) in [6.07, 6.45) is 2.67. The number of pyridine rings is 1. The van der Waals surface area contributed by atoms with Gasteiger partial charge in [-0.2, -0.15) is 0 Å². The zero-order valence-electron chi connectivity index (χ0n) is 10.6. The molecule has 3 N–H and O–H groups in total. The minimum Gasteiger partial charge on any atom is -0.370 e. The van der Waals surface area contributed by atoms with Crippen LogP contribution in [0.15, 0.2) is 23.2 Å². The molecule has 0 spiro atoms. The maximum absolute atomic E-state index is 11.6. The van der Waals surface area contributed by atoms with Crippen LogP contribution in [0, 0.1) is 0 Å². The van der Waals surface area contributed by atoms with Crippen molar-refractivity contribution >= 4 is 21.6 Å². The lowest BCUT2D eigenvalue weighted by Crippen LogP contribution is -2.36. The third-order valence-corrected chi connectivity index (χ3v) is 3.37. The van der Waals surface area contributed by atoms with Crippen LogP contribution in [0.3, 0.4) is 0 Å². The third-order valence-electron chi connectivity index (χ3n) is 2.24. The number of primary amides is 1. The summed E-state index contributed by atoms with van der Waals surface area (Å²) < 4.78 is 23.2. The fraction of sp³-hybridized carbons (Fsp3) is 0.455. The number of hydrogen-bond donors (Lipinski definition) is 2. The number of nitrogens with one attached hydrogen (secondary N) is 1. The van der Waals surface area contributed by atoms with Crippen molar-refractivity contribution in [2.45, 2.75) is 30.7 Å². The standard InChI is InChI=1S/C11H17N3O3S/c1-11(2,7-9(12)15)14-10-8(18(3,16)17)5-4-6-13-10/h4-6H,7H2,1-3H3,(H2,12,15)(H,13,14). The molecule has 0 saturated heterocycles. The fourth-order valence-electron chi connectivity index (χ4n) is 1.58. The molecule has 0 bridgehead atoms. The van der Waals surface area contributed by atoms with Crippen molar-refractivity contribution in [2.75, 3.05) is 11.6 Å². The van der Waals surface area contributed by atoms with E-state index in [1.54, 1.807) is 19.9 Å². The van der Waals surface area contributed by atoms with Crippen LogP contribution >= 0.6 is 0 Å². The van der Waals surface area contributed by atoms with Gasteiger partial charge in [0, 0.05) is 24.4 Å². The van der Waals surface area contributed by atoms with E-state index in [2.05, 4.69) is 10.3 Å². The van der Waals surface area contributed by atoms with Crippen LogP contribution in [-0.4, -0.2) is 31.1 Å². The summed E-state index contributed by atoms with van der Waals surface area (Å²) in [5.74, 6) is -0.240. The van der Waals surface area contributed by atoms with E-state index in [-0.39, 0.29) is 17.1 Å². The number of rotatable bonds is 5. The van der Waals surface area contributed by atoms with Gasteiger partial charge in [-0.05, 0) is 26.0 Å². The maximum Gasteiger partial charge on any atom is 0.219 e. The highest BCUT2D eigenvalue weighted by Crippen LogP contribution is 2.23. The van der Waals surface area contributed by atoms with Crippen LogP contribution in [0.5, 0.6) is 0 Å². The summed E-state index contributed by atoms with van der Waals surface area (Å²) in [4.78, 5) is 15.0. The van der Waals surface area contributed by atoms with E-state index in [0.717, 1.165) is 6.26 Å². The van der Waals surface area contributed by atoms with Gasteiger partial charge in [-0.25, -0.2) is 13.4 Å². The Labute approximate surface area is 107 Å². The second-order valence-corrected chi connectivity index (χ2v) is 6.76. The monoisotopic (exact) mass is 271 g/mol. The summed E-state index contributed by atoms with van der Waals surface area (Å²) in [5.41, 5.74) is 4.47. The van der Waals surface area contributed by atoms with Gasteiger partial charge < -0.3 is 11.1 Å². The van der Waals surface area contributed by atoms with E-state index in [1.807, 2.05) is 0 Å². The molecular weight excluding hydrogens is 254 g/mol. The van der Waals surface area contributed by atoms with Crippen molar-refractivity contribution in [3.8, 4) is 0 Å². The lowest BCUT2D eigenvalue weighted by atomic mass is 10.0. The van der Waals surface area contributed by atoms with Gasteiger partial charge in [0.2, 0.25) is 5.91 Å². The lowest BCUT2D eigenvalue weighted by Gasteiger charge is -2.26. The molecule has 7 heteroatoms. The zero-order valence-corrected chi connectivity index (χ0v) is 11.4. The molecule has 0 aliphatic rings. The number of anilines is 1.